The van der Waals surface area contributed by atoms with Gasteiger partial charge in [0.2, 0.25) is 0 Å². The molecule has 1 atom stereocenters. The Balaban J connectivity index is 2.11. The number of rotatable bonds is 6. The van der Waals surface area contributed by atoms with Crippen LogP contribution in [0.3, 0.4) is 0 Å². The molecular weight excluding hydrogens is 284 g/mol. The molecule has 1 N–H and O–H groups in total. The lowest BCUT2D eigenvalue weighted by Crippen LogP contribution is -2.32. The molecule has 0 radical (unpaired) electrons. The Labute approximate surface area is 127 Å². The van der Waals surface area contributed by atoms with Gasteiger partial charge >= 0.3 is 0 Å². The molecule has 0 aliphatic carbocycles. The van der Waals surface area contributed by atoms with Crippen molar-refractivity contribution in [1.82, 2.24) is 0 Å². The molecule has 0 saturated heterocycles. The van der Waals surface area contributed by atoms with E-state index in [1.807, 2.05) is 25.1 Å². The molecule has 0 aliphatic heterocycles. The molecule has 0 heterocycles. The molecule has 22 heavy (non-hydrogen) atoms. The number of nitro groups is 1. The molecule has 0 fully saturated rings. The number of hydrogen-bond donors (Lipinski definition) is 1. The minimum Gasteiger partial charge on any atom is -0.481 e. The molecule has 6 heteroatoms. The Morgan fingerprint density at radius 1 is 1.18 bits per heavy atom. The number of carbonyl (C=O) groups is 1. The van der Waals surface area contributed by atoms with Gasteiger partial charge in [0.25, 0.3) is 11.6 Å². The summed E-state index contributed by atoms with van der Waals surface area (Å²) in [6.07, 6.45) is -0.274. The van der Waals surface area contributed by atoms with E-state index in [4.69, 9.17) is 4.74 Å². The SMILES string of the molecule is CCC(Oc1ccccc1)C(=O)Nc1ccccc1[N+](=O)[O-]. The molecule has 114 valence electrons. The first-order chi connectivity index (χ1) is 10.6. The highest BCUT2D eigenvalue weighted by molar-refractivity contribution is 5.96. The summed E-state index contributed by atoms with van der Waals surface area (Å²) in [5.41, 5.74) is 0.0121. The van der Waals surface area contributed by atoms with E-state index in [0.29, 0.717) is 12.2 Å². The van der Waals surface area contributed by atoms with Crippen LogP contribution in [0.2, 0.25) is 0 Å². The second-order valence-electron chi connectivity index (χ2n) is 4.59. The fourth-order valence-corrected chi connectivity index (χ4v) is 1.94. The molecule has 2 aromatic carbocycles. The number of nitrogens with one attached hydrogen (secondary N) is 1. The van der Waals surface area contributed by atoms with Gasteiger partial charge in [-0.25, -0.2) is 0 Å². The first-order valence-electron chi connectivity index (χ1n) is 6.87. The van der Waals surface area contributed by atoms with E-state index in [2.05, 4.69) is 5.32 Å². The Kier molecular flexibility index (Phi) is 5.08. The van der Waals surface area contributed by atoms with Crippen LogP contribution in [0.5, 0.6) is 5.75 Å². The number of ether oxygens (including phenoxy) is 1. The third-order valence-corrected chi connectivity index (χ3v) is 3.04. The summed E-state index contributed by atoms with van der Waals surface area (Å²) in [4.78, 5) is 22.7. The van der Waals surface area contributed by atoms with E-state index in [1.165, 1.54) is 12.1 Å². The number of hydrogen-bond acceptors (Lipinski definition) is 4. The van der Waals surface area contributed by atoms with Crippen molar-refractivity contribution in [3.05, 3.63) is 64.7 Å². The van der Waals surface area contributed by atoms with Crippen LogP contribution in [0.4, 0.5) is 11.4 Å². The molecular formula is C16H16N2O4. The first kappa shape index (κ1) is 15.5. The zero-order chi connectivity index (χ0) is 15.9. The summed E-state index contributed by atoms with van der Waals surface area (Å²) in [5.74, 6) is 0.160. The zero-order valence-corrected chi connectivity index (χ0v) is 12.1. The molecule has 2 aromatic rings. The van der Waals surface area contributed by atoms with E-state index < -0.39 is 16.9 Å². The van der Waals surface area contributed by atoms with Crippen molar-refractivity contribution in [3.63, 3.8) is 0 Å². The third-order valence-electron chi connectivity index (χ3n) is 3.04. The Morgan fingerprint density at radius 3 is 2.45 bits per heavy atom. The second-order valence-corrected chi connectivity index (χ2v) is 4.59. The van der Waals surface area contributed by atoms with Crippen molar-refractivity contribution in [2.24, 2.45) is 0 Å². The van der Waals surface area contributed by atoms with Gasteiger partial charge in [-0.2, -0.15) is 0 Å². The number of amides is 1. The molecule has 0 spiro atoms. The normalized spacial score (nSPS) is 11.5. The van der Waals surface area contributed by atoms with E-state index in [0.717, 1.165) is 0 Å². The van der Waals surface area contributed by atoms with Crippen LogP contribution in [0.1, 0.15) is 13.3 Å². The summed E-state index contributed by atoms with van der Waals surface area (Å²) in [7, 11) is 0. The van der Waals surface area contributed by atoms with Crippen LogP contribution >= 0.6 is 0 Å². The molecule has 0 aliphatic rings. The van der Waals surface area contributed by atoms with Crippen LogP contribution in [0, 0.1) is 10.1 Å². The highest BCUT2D eigenvalue weighted by Crippen LogP contribution is 2.24. The average molecular weight is 300 g/mol. The van der Waals surface area contributed by atoms with Crippen molar-refractivity contribution in [2.75, 3.05) is 5.32 Å². The molecule has 2 rings (SSSR count). The predicted molar refractivity (Wildman–Crippen MR) is 82.9 cm³/mol. The maximum atomic E-state index is 12.3. The van der Waals surface area contributed by atoms with E-state index >= 15 is 0 Å². The topological polar surface area (TPSA) is 81.5 Å². The molecule has 6 nitrogen and oxygen atoms in total. The monoisotopic (exact) mass is 300 g/mol. The van der Waals surface area contributed by atoms with Gasteiger partial charge in [0.05, 0.1) is 4.92 Å². The second kappa shape index (κ2) is 7.21. The van der Waals surface area contributed by atoms with Crippen molar-refractivity contribution in [2.45, 2.75) is 19.4 Å². The summed E-state index contributed by atoms with van der Waals surface area (Å²) in [6, 6.07) is 15.0. The molecule has 1 amide bonds. The van der Waals surface area contributed by atoms with Gasteiger partial charge in [0.15, 0.2) is 6.10 Å². The van der Waals surface area contributed by atoms with Gasteiger partial charge in [-0.05, 0) is 24.6 Å². The van der Waals surface area contributed by atoms with Gasteiger partial charge in [-0.3, -0.25) is 14.9 Å². The number of benzene rings is 2. The van der Waals surface area contributed by atoms with Crippen molar-refractivity contribution in [1.29, 1.82) is 0 Å². The number of nitrogens with zero attached hydrogens (tertiary/aromatic N) is 1. The van der Waals surface area contributed by atoms with E-state index in [1.54, 1.807) is 24.3 Å². The van der Waals surface area contributed by atoms with Crippen molar-refractivity contribution < 1.29 is 14.5 Å². The lowest BCUT2D eigenvalue weighted by atomic mass is 10.2. The van der Waals surface area contributed by atoms with Crippen LogP contribution in [0.15, 0.2) is 54.6 Å². The lowest BCUT2D eigenvalue weighted by molar-refractivity contribution is -0.383. The number of carbonyl (C=O) groups excluding carboxylic acids is 1. The summed E-state index contributed by atoms with van der Waals surface area (Å²) < 4.78 is 5.62. The molecule has 1 unspecified atom stereocenters. The van der Waals surface area contributed by atoms with Crippen LogP contribution < -0.4 is 10.1 Å². The molecule has 0 aromatic heterocycles. The van der Waals surface area contributed by atoms with Crippen LogP contribution in [-0.2, 0) is 4.79 Å². The summed E-state index contributed by atoms with van der Waals surface area (Å²) >= 11 is 0. The Morgan fingerprint density at radius 2 is 1.82 bits per heavy atom. The number of para-hydroxylation sites is 3. The highest BCUT2D eigenvalue weighted by atomic mass is 16.6. The third kappa shape index (κ3) is 3.82. The molecule has 0 bridgehead atoms. The van der Waals surface area contributed by atoms with Crippen molar-refractivity contribution >= 4 is 17.3 Å². The fourth-order valence-electron chi connectivity index (χ4n) is 1.94. The van der Waals surface area contributed by atoms with Crippen LogP contribution in [-0.4, -0.2) is 16.9 Å². The Bertz CT molecular complexity index is 658. The maximum Gasteiger partial charge on any atom is 0.292 e. The van der Waals surface area contributed by atoms with Crippen molar-refractivity contribution in [3.8, 4) is 5.75 Å². The zero-order valence-electron chi connectivity index (χ0n) is 12.1. The Hall–Kier alpha value is -2.89. The number of nitro benzene ring substituents is 1. The maximum absolute atomic E-state index is 12.3. The summed E-state index contributed by atoms with van der Waals surface area (Å²) in [5, 5.41) is 13.5. The van der Waals surface area contributed by atoms with E-state index in [-0.39, 0.29) is 11.4 Å². The minimum absolute atomic E-state index is 0.148. The average Bonchev–Trinajstić information content (AvgIpc) is 2.53. The predicted octanol–water partition coefficient (Wildman–Crippen LogP) is 3.39. The van der Waals surface area contributed by atoms with Gasteiger partial charge in [-0.15, -0.1) is 0 Å². The van der Waals surface area contributed by atoms with Gasteiger partial charge < -0.3 is 10.1 Å². The largest absolute Gasteiger partial charge is 0.481 e. The first-order valence-corrected chi connectivity index (χ1v) is 6.87. The van der Waals surface area contributed by atoms with Gasteiger partial charge in [0, 0.05) is 6.07 Å². The smallest absolute Gasteiger partial charge is 0.292 e. The molecule has 0 saturated carbocycles. The minimum atomic E-state index is -0.720. The lowest BCUT2D eigenvalue weighted by Gasteiger charge is -2.17. The number of anilines is 1. The quantitative estimate of drug-likeness (QED) is 0.655. The standard InChI is InChI=1S/C16H16N2O4/c1-2-15(22-12-8-4-3-5-9-12)16(19)17-13-10-6-7-11-14(13)18(20)21/h3-11,15H,2H2,1H3,(H,17,19). The van der Waals surface area contributed by atoms with Crippen LogP contribution in [0.25, 0.3) is 0 Å². The fraction of sp³-hybridized carbons (Fsp3) is 0.188. The van der Waals surface area contributed by atoms with E-state index in [9.17, 15) is 14.9 Å². The van der Waals surface area contributed by atoms with Gasteiger partial charge in [0.1, 0.15) is 11.4 Å². The summed E-state index contributed by atoms with van der Waals surface area (Å²) in [6.45, 7) is 1.81. The highest BCUT2D eigenvalue weighted by Gasteiger charge is 2.22. The van der Waals surface area contributed by atoms with Gasteiger partial charge in [-0.1, -0.05) is 37.3 Å².